The minimum atomic E-state index is -1.17. The van der Waals surface area contributed by atoms with E-state index in [-0.39, 0.29) is 31.1 Å². The van der Waals surface area contributed by atoms with Gasteiger partial charge in [-0.05, 0) is 87.7 Å². The summed E-state index contributed by atoms with van der Waals surface area (Å²) in [6.07, 6.45) is 5.01. The van der Waals surface area contributed by atoms with E-state index in [1.807, 2.05) is 38.4 Å². The smallest absolute Gasteiger partial charge is 0.320 e. The van der Waals surface area contributed by atoms with Crippen LogP contribution >= 0.6 is 11.3 Å². The van der Waals surface area contributed by atoms with Crippen molar-refractivity contribution in [1.29, 1.82) is 0 Å². The van der Waals surface area contributed by atoms with Crippen molar-refractivity contribution in [3.8, 4) is 22.5 Å². The molecule has 4 aliphatic rings. The van der Waals surface area contributed by atoms with Crippen molar-refractivity contribution in [2.45, 2.75) is 110 Å². The molecule has 1 spiro atoms. The molecule has 6 bridgehead atoms. The predicted molar refractivity (Wildman–Crippen MR) is 258 cm³/mol. The van der Waals surface area contributed by atoms with Gasteiger partial charge in [0.25, 0.3) is 5.91 Å². The minimum Gasteiger partial charge on any atom is -0.378 e. The minimum absolute atomic E-state index is 0.0455. The van der Waals surface area contributed by atoms with Crippen molar-refractivity contribution in [2.75, 3.05) is 73.7 Å². The lowest BCUT2D eigenvalue weighted by atomic mass is 9.84. The molecule has 7 heterocycles. The summed E-state index contributed by atoms with van der Waals surface area (Å²) in [5, 5.41) is 8.30. The Labute approximate surface area is 398 Å². The van der Waals surface area contributed by atoms with Crippen LogP contribution in [0.3, 0.4) is 0 Å². The van der Waals surface area contributed by atoms with Crippen LogP contribution in [0.2, 0.25) is 0 Å². The number of rotatable bonds is 9. The first-order valence-corrected chi connectivity index (χ1v) is 24.7. The number of fused-ring (bicyclic) bond motifs is 6. The Morgan fingerprint density at radius 3 is 2.64 bits per heavy atom. The maximum atomic E-state index is 14.8. The number of likely N-dealkylation sites (tertiary alicyclic amines) is 1. The molecule has 4 aromatic rings. The third-order valence-corrected chi connectivity index (χ3v) is 15.0. The lowest BCUT2D eigenvalue weighted by Gasteiger charge is -2.43. The Bertz CT molecular complexity index is 2470. The van der Waals surface area contributed by atoms with Gasteiger partial charge in [0.2, 0.25) is 5.91 Å². The summed E-state index contributed by atoms with van der Waals surface area (Å²) >= 11 is 1.43. The lowest BCUT2D eigenvalue weighted by molar-refractivity contribution is -0.147. The molecule has 0 radical (unpaired) electrons. The summed E-state index contributed by atoms with van der Waals surface area (Å²) in [4.78, 5) is 72.3. The lowest BCUT2D eigenvalue weighted by Crippen LogP contribution is -2.67. The maximum absolute atomic E-state index is 14.8. The number of hydrogen-bond donors (Lipinski definition) is 2. The zero-order valence-corrected chi connectivity index (χ0v) is 41.5. The number of methoxy groups -OCH3 is 1. The molecule has 3 fully saturated rings. The van der Waals surface area contributed by atoms with E-state index in [2.05, 4.69) is 72.3 Å². The number of ether oxygens (including phenoxy) is 3. The van der Waals surface area contributed by atoms with Gasteiger partial charge in [0.05, 0.1) is 60.2 Å². The van der Waals surface area contributed by atoms with E-state index in [4.69, 9.17) is 24.2 Å². The standard InChI is InChI=1S/C50H69N9O7S/c1-10-58-40-15-14-34-23-36(40)37(44(58)35-13-11-18-51-42(35)33(4)64-9)25-48(5,6)30-65-31-49(29-60)16-12-19-59(54-49)46(62)38(24-41-52-39(34)26-67-41)53-45(61)43(32(2)3)56(8)47(63)57-21-22-66-50(28-57)17-20-55(7)27-50/h11,13-15,18,23,26,29,32-33,38,43,54H,10,12,16-17,19-22,24-25,27-28,30-31H2,1-9H3,(H,53,61)/t33-,38-,43-,49-,50-/m0/s1. The average molecular weight is 940 g/mol. The summed E-state index contributed by atoms with van der Waals surface area (Å²) in [7, 11) is 5.42. The number of thiazole rings is 1. The molecule has 0 saturated carbocycles. The number of hydrogen-bond acceptors (Lipinski definition) is 12. The number of aromatic nitrogens is 3. The van der Waals surface area contributed by atoms with Crippen LogP contribution in [-0.2, 0) is 48.0 Å². The first-order chi connectivity index (χ1) is 32.0. The van der Waals surface area contributed by atoms with Crippen molar-refractivity contribution in [3.63, 3.8) is 0 Å². The molecule has 4 aliphatic heterocycles. The number of likely N-dealkylation sites (N-methyl/N-ethyl adjacent to an activating group) is 2. The molecule has 16 nitrogen and oxygen atoms in total. The second kappa shape index (κ2) is 19.7. The third kappa shape index (κ3) is 9.91. The van der Waals surface area contributed by atoms with Crippen molar-refractivity contribution in [3.05, 3.63) is 58.2 Å². The Morgan fingerprint density at radius 2 is 1.93 bits per heavy atom. The van der Waals surface area contributed by atoms with Crippen molar-refractivity contribution in [2.24, 2.45) is 11.3 Å². The number of pyridine rings is 1. The number of benzene rings is 1. The largest absolute Gasteiger partial charge is 0.378 e. The molecular formula is C50H69N9O7S. The quantitative estimate of drug-likeness (QED) is 0.197. The van der Waals surface area contributed by atoms with E-state index >= 15 is 0 Å². The second-order valence-corrected chi connectivity index (χ2v) is 21.3. The van der Waals surface area contributed by atoms with Crippen LogP contribution in [0.4, 0.5) is 4.79 Å². The molecule has 8 rings (SSSR count). The first kappa shape index (κ1) is 48.7. The number of amides is 4. The molecule has 67 heavy (non-hydrogen) atoms. The van der Waals surface area contributed by atoms with Crippen LogP contribution in [0.1, 0.15) is 83.2 Å². The fourth-order valence-corrected chi connectivity index (χ4v) is 11.6. The fourth-order valence-electron chi connectivity index (χ4n) is 10.7. The van der Waals surface area contributed by atoms with E-state index in [0.717, 1.165) is 77.0 Å². The van der Waals surface area contributed by atoms with Gasteiger partial charge >= 0.3 is 6.03 Å². The van der Waals surface area contributed by atoms with Crippen LogP contribution in [0.5, 0.6) is 0 Å². The zero-order valence-electron chi connectivity index (χ0n) is 40.7. The molecule has 5 atom stereocenters. The second-order valence-electron chi connectivity index (χ2n) is 20.3. The van der Waals surface area contributed by atoms with Gasteiger partial charge in [-0.15, -0.1) is 11.3 Å². The molecular weight excluding hydrogens is 871 g/mol. The molecule has 362 valence electrons. The summed E-state index contributed by atoms with van der Waals surface area (Å²) in [6, 6.07) is 8.35. The van der Waals surface area contributed by atoms with Crippen LogP contribution in [0.25, 0.3) is 33.4 Å². The predicted octanol–water partition coefficient (Wildman–Crippen LogP) is 5.73. The Morgan fingerprint density at radius 1 is 1.12 bits per heavy atom. The molecule has 4 amide bonds. The van der Waals surface area contributed by atoms with Gasteiger partial charge in [-0.3, -0.25) is 19.6 Å². The van der Waals surface area contributed by atoms with E-state index in [0.29, 0.717) is 57.1 Å². The Hall–Kier alpha value is -4.78. The molecule has 0 unspecified atom stereocenters. The topological polar surface area (TPSA) is 164 Å². The number of carbonyl (C=O) groups is 4. The van der Waals surface area contributed by atoms with Gasteiger partial charge in [0.15, 0.2) is 0 Å². The van der Waals surface area contributed by atoms with Crippen LogP contribution in [-0.4, -0.2) is 155 Å². The monoisotopic (exact) mass is 940 g/mol. The number of nitrogens with one attached hydrogen (secondary N) is 2. The number of carbonyl (C=O) groups excluding carboxylic acids is 4. The van der Waals surface area contributed by atoms with Crippen LogP contribution in [0, 0.1) is 11.3 Å². The third-order valence-electron chi connectivity index (χ3n) is 14.2. The van der Waals surface area contributed by atoms with Crippen molar-refractivity contribution >= 4 is 46.4 Å². The highest BCUT2D eigenvalue weighted by molar-refractivity contribution is 7.10. The highest BCUT2D eigenvalue weighted by Gasteiger charge is 2.45. The number of urea groups is 1. The summed E-state index contributed by atoms with van der Waals surface area (Å²) in [5.41, 5.74) is 8.14. The average Bonchev–Trinajstić information content (AvgIpc) is 4.02. The molecule has 17 heteroatoms. The van der Waals surface area contributed by atoms with Gasteiger partial charge in [-0.1, -0.05) is 33.8 Å². The normalized spacial score (nSPS) is 24.7. The van der Waals surface area contributed by atoms with Crippen LogP contribution in [0.15, 0.2) is 41.9 Å². The van der Waals surface area contributed by atoms with Gasteiger partial charge < -0.3 is 43.6 Å². The van der Waals surface area contributed by atoms with Gasteiger partial charge in [0, 0.05) is 86.9 Å². The zero-order chi connectivity index (χ0) is 47.8. The number of morpholine rings is 1. The van der Waals surface area contributed by atoms with Gasteiger partial charge in [0.1, 0.15) is 23.9 Å². The first-order valence-electron chi connectivity index (χ1n) is 23.9. The molecule has 3 saturated heterocycles. The maximum Gasteiger partial charge on any atom is 0.320 e. The molecule has 3 aromatic heterocycles. The highest BCUT2D eigenvalue weighted by atomic mass is 32.1. The number of aldehydes is 1. The SMILES string of the molecule is CCn1c(-c2cccnc2[C@H](C)OC)c2c3cc(ccc31)-c1csc(n1)C[C@H](NC(=O)[C@H](C(C)C)N(C)C(=O)N1CCO[C@]3(CCN(C)C3)C1)C(=O)N1CCC[C@](C=O)(COCC(C)(C)C2)N1. The van der Waals surface area contributed by atoms with E-state index < -0.39 is 40.5 Å². The van der Waals surface area contributed by atoms with Gasteiger partial charge in [-0.2, -0.15) is 0 Å². The molecule has 2 N–H and O–H groups in total. The number of nitrogens with zero attached hydrogens (tertiary/aromatic N) is 7. The summed E-state index contributed by atoms with van der Waals surface area (Å²) in [6.45, 7) is 16.7. The number of aryl methyl sites for hydroxylation is 1. The van der Waals surface area contributed by atoms with Gasteiger partial charge in [-0.25, -0.2) is 15.2 Å². The van der Waals surface area contributed by atoms with E-state index in [9.17, 15) is 19.2 Å². The van der Waals surface area contributed by atoms with E-state index in [1.165, 1.54) is 21.2 Å². The molecule has 0 aliphatic carbocycles. The van der Waals surface area contributed by atoms with Crippen LogP contribution < -0.4 is 10.7 Å². The summed E-state index contributed by atoms with van der Waals surface area (Å²) in [5.74, 6) is -1.12. The fraction of sp³-hybridized carbons (Fsp3) is 0.600. The molecule has 1 aromatic carbocycles. The Balaban J connectivity index is 1.16. The number of hydrazine groups is 1. The summed E-state index contributed by atoms with van der Waals surface area (Å²) < 4.78 is 20.9. The Kier molecular flexibility index (Phi) is 14.3. The van der Waals surface area contributed by atoms with Crippen molar-refractivity contribution < 1.29 is 33.4 Å². The highest BCUT2D eigenvalue weighted by Crippen LogP contribution is 2.42. The van der Waals surface area contributed by atoms with Crippen molar-refractivity contribution in [1.82, 2.24) is 45.0 Å². The van der Waals surface area contributed by atoms with E-state index in [1.54, 1.807) is 19.1 Å².